The number of hydrogen-bond acceptors (Lipinski definition) is 5. The second-order valence-corrected chi connectivity index (χ2v) is 4.31. The van der Waals surface area contributed by atoms with Gasteiger partial charge in [-0.2, -0.15) is 0 Å². The lowest BCUT2D eigenvalue weighted by Crippen LogP contribution is -2.10. The van der Waals surface area contributed by atoms with Gasteiger partial charge in [-0.1, -0.05) is 5.16 Å². The molecular weight excluding hydrogens is 246 g/mol. The molecule has 6 nitrogen and oxygen atoms in total. The molecule has 0 aromatic carbocycles. The second kappa shape index (κ2) is 5.09. The van der Waals surface area contributed by atoms with Crippen molar-refractivity contribution in [3.05, 3.63) is 40.4 Å². The highest BCUT2D eigenvalue weighted by molar-refractivity contribution is 5.94. The van der Waals surface area contributed by atoms with Gasteiger partial charge in [0.05, 0.1) is 5.69 Å². The molecule has 0 aliphatic carbocycles. The molecule has 19 heavy (non-hydrogen) atoms. The highest BCUT2D eigenvalue weighted by atomic mass is 16.5. The number of pyridine rings is 1. The van der Waals surface area contributed by atoms with Crippen LogP contribution in [0.15, 0.2) is 16.8 Å². The van der Waals surface area contributed by atoms with Crippen molar-refractivity contribution >= 4 is 11.8 Å². The molecule has 2 heterocycles. The minimum Gasteiger partial charge on any atom is -0.478 e. The quantitative estimate of drug-likeness (QED) is 0.878. The number of nitrogens with zero attached hydrogens (tertiary/aromatic N) is 2. The van der Waals surface area contributed by atoms with Crippen LogP contribution in [0.5, 0.6) is 0 Å². The van der Waals surface area contributed by atoms with Crippen LogP contribution in [0.25, 0.3) is 0 Å². The van der Waals surface area contributed by atoms with Gasteiger partial charge in [0.1, 0.15) is 17.1 Å². The van der Waals surface area contributed by atoms with Crippen LogP contribution in [-0.4, -0.2) is 21.2 Å². The molecule has 0 atom stereocenters. The topological polar surface area (TPSA) is 88.3 Å². The fourth-order valence-electron chi connectivity index (χ4n) is 1.89. The van der Waals surface area contributed by atoms with E-state index in [-0.39, 0.29) is 5.56 Å². The first kappa shape index (κ1) is 13.1. The van der Waals surface area contributed by atoms with Crippen molar-refractivity contribution in [1.29, 1.82) is 0 Å². The molecule has 0 saturated carbocycles. The largest absolute Gasteiger partial charge is 0.478 e. The smallest absolute Gasteiger partial charge is 0.339 e. The van der Waals surface area contributed by atoms with Gasteiger partial charge in [-0.15, -0.1) is 0 Å². The van der Waals surface area contributed by atoms with Crippen molar-refractivity contribution in [2.45, 2.75) is 27.3 Å². The Morgan fingerprint density at radius 2 is 2.16 bits per heavy atom. The Labute approximate surface area is 110 Å². The van der Waals surface area contributed by atoms with Crippen molar-refractivity contribution in [1.82, 2.24) is 10.1 Å². The molecule has 2 aromatic rings. The third-order valence-electron chi connectivity index (χ3n) is 2.99. The zero-order valence-electron chi connectivity index (χ0n) is 11.0. The minimum atomic E-state index is -0.994. The van der Waals surface area contributed by atoms with Gasteiger partial charge >= 0.3 is 5.97 Å². The van der Waals surface area contributed by atoms with Crippen LogP contribution < -0.4 is 5.32 Å². The summed E-state index contributed by atoms with van der Waals surface area (Å²) in [7, 11) is 0. The van der Waals surface area contributed by atoms with E-state index in [1.807, 2.05) is 13.8 Å². The first-order valence-corrected chi connectivity index (χ1v) is 5.85. The van der Waals surface area contributed by atoms with Gasteiger partial charge in [0.25, 0.3) is 0 Å². The summed E-state index contributed by atoms with van der Waals surface area (Å²) in [6.45, 7) is 5.83. The van der Waals surface area contributed by atoms with E-state index < -0.39 is 5.97 Å². The molecule has 0 saturated heterocycles. The number of carboxylic acid groups (broad SMARTS) is 1. The number of carbonyl (C=O) groups is 1. The minimum absolute atomic E-state index is 0.189. The SMILES string of the molecule is Cc1ccnc(NCc2c(C)noc2C)c1C(=O)O. The molecule has 0 radical (unpaired) electrons. The Hall–Kier alpha value is -2.37. The van der Waals surface area contributed by atoms with Gasteiger partial charge in [0.2, 0.25) is 0 Å². The highest BCUT2D eigenvalue weighted by Crippen LogP contribution is 2.19. The van der Waals surface area contributed by atoms with Gasteiger partial charge < -0.3 is 14.9 Å². The van der Waals surface area contributed by atoms with E-state index in [1.54, 1.807) is 19.2 Å². The predicted octanol–water partition coefficient (Wildman–Crippen LogP) is 2.31. The molecular formula is C13H15N3O3. The van der Waals surface area contributed by atoms with Crippen molar-refractivity contribution in [3.8, 4) is 0 Å². The van der Waals surface area contributed by atoms with E-state index in [0.717, 1.165) is 17.0 Å². The second-order valence-electron chi connectivity index (χ2n) is 4.31. The molecule has 0 spiro atoms. The van der Waals surface area contributed by atoms with Gasteiger partial charge in [-0.05, 0) is 32.4 Å². The molecule has 2 aromatic heterocycles. The van der Waals surface area contributed by atoms with E-state index in [9.17, 15) is 9.90 Å². The Morgan fingerprint density at radius 3 is 2.74 bits per heavy atom. The molecule has 2 N–H and O–H groups in total. The van der Waals surface area contributed by atoms with Gasteiger partial charge in [-0.25, -0.2) is 9.78 Å². The molecule has 2 rings (SSSR count). The Balaban J connectivity index is 2.25. The van der Waals surface area contributed by atoms with Crippen LogP contribution in [0.1, 0.15) is 32.9 Å². The number of aromatic nitrogens is 2. The van der Waals surface area contributed by atoms with Crippen LogP contribution in [0.3, 0.4) is 0 Å². The van der Waals surface area contributed by atoms with Crippen molar-refractivity contribution in [2.24, 2.45) is 0 Å². The number of rotatable bonds is 4. The number of hydrogen-bond donors (Lipinski definition) is 2. The Morgan fingerprint density at radius 1 is 1.42 bits per heavy atom. The summed E-state index contributed by atoms with van der Waals surface area (Å²) >= 11 is 0. The van der Waals surface area contributed by atoms with Gasteiger partial charge in [0.15, 0.2) is 0 Å². The van der Waals surface area contributed by atoms with E-state index >= 15 is 0 Å². The molecule has 0 aliphatic heterocycles. The summed E-state index contributed by atoms with van der Waals surface area (Å²) < 4.78 is 5.06. The summed E-state index contributed by atoms with van der Waals surface area (Å²) in [5.41, 5.74) is 2.56. The fourth-order valence-corrected chi connectivity index (χ4v) is 1.89. The van der Waals surface area contributed by atoms with Crippen LogP contribution in [0, 0.1) is 20.8 Å². The molecule has 6 heteroatoms. The lowest BCUT2D eigenvalue weighted by molar-refractivity contribution is 0.0697. The van der Waals surface area contributed by atoms with E-state index in [1.165, 1.54) is 0 Å². The molecule has 0 unspecified atom stereocenters. The Kier molecular flexibility index (Phi) is 3.50. The third-order valence-corrected chi connectivity index (χ3v) is 2.99. The predicted molar refractivity (Wildman–Crippen MR) is 69.2 cm³/mol. The lowest BCUT2D eigenvalue weighted by Gasteiger charge is -2.10. The summed E-state index contributed by atoms with van der Waals surface area (Å²) in [6.07, 6.45) is 1.58. The van der Waals surface area contributed by atoms with E-state index in [4.69, 9.17) is 4.52 Å². The highest BCUT2D eigenvalue weighted by Gasteiger charge is 2.15. The number of carboxylic acids is 1. The lowest BCUT2D eigenvalue weighted by atomic mass is 10.1. The first-order valence-electron chi connectivity index (χ1n) is 5.85. The van der Waals surface area contributed by atoms with Crippen molar-refractivity contribution in [2.75, 3.05) is 5.32 Å². The fraction of sp³-hybridized carbons (Fsp3) is 0.308. The standard InChI is InChI=1S/C13H15N3O3/c1-7-4-5-14-12(11(7)13(17)18)15-6-10-8(2)16-19-9(10)3/h4-5H,6H2,1-3H3,(H,14,15)(H,17,18). The van der Waals surface area contributed by atoms with E-state index in [0.29, 0.717) is 17.9 Å². The average Bonchev–Trinajstić information content (AvgIpc) is 2.66. The van der Waals surface area contributed by atoms with Crippen LogP contribution in [0.2, 0.25) is 0 Å². The number of aryl methyl sites for hydroxylation is 3. The maximum absolute atomic E-state index is 11.2. The average molecular weight is 261 g/mol. The molecule has 0 aliphatic rings. The number of aromatic carboxylic acids is 1. The maximum Gasteiger partial charge on any atom is 0.339 e. The molecule has 0 amide bonds. The molecule has 100 valence electrons. The van der Waals surface area contributed by atoms with Gasteiger partial charge in [-0.3, -0.25) is 0 Å². The van der Waals surface area contributed by atoms with Crippen LogP contribution in [0.4, 0.5) is 5.82 Å². The van der Waals surface area contributed by atoms with E-state index in [2.05, 4.69) is 15.5 Å². The molecule has 0 fully saturated rings. The van der Waals surface area contributed by atoms with Gasteiger partial charge in [0, 0.05) is 18.3 Å². The zero-order chi connectivity index (χ0) is 14.0. The first-order chi connectivity index (χ1) is 9.00. The summed E-state index contributed by atoms with van der Waals surface area (Å²) in [5.74, 6) is 0.0777. The summed E-state index contributed by atoms with van der Waals surface area (Å²) in [4.78, 5) is 15.3. The summed E-state index contributed by atoms with van der Waals surface area (Å²) in [6, 6.07) is 1.67. The number of anilines is 1. The maximum atomic E-state index is 11.2. The summed E-state index contributed by atoms with van der Waals surface area (Å²) in [5, 5.41) is 16.1. The van der Waals surface area contributed by atoms with Crippen molar-refractivity contribution < 1.29 is 14.4 Å². The number of nitrogens with one attached hydrogen (secondary N) is 1. The normalized spacial score (nSPS) is 10.5. The monoisotopic (exact) mass is 261 g/mol. The van der Waals surface area contributed by atoms with Crippen molar-refractivity contribution in [3.63, 3.8) is 0 Å². The third kappa shape index (κ3) is 2.57. The van der Waals surface area contributed by atoms with Crippen LogP contribution in [-0.2, 0) is 6.54 Å². The Bertz CT molecular complexity index is 600. The van der Waals surface area contributed by atoms with Crippen LogP contribution >= 0.6 is 0 Å². The zero-order valence-corrected chi connectivity index (χ0v) is 11.0. The molecule has 0 bridgehead atoms.